The van der Waals surface area contributed by atoms with E-state index in [1.54, 1.807) is 24.3 Å². The van der Waals surface area contributed by atoms with E-state index in [1.165, 1.54) is 13.8 Å². The van der Waals surface area contributed by atoms with Crippen LogP contribution in [0.15, 0.2) is 60.7 Å². The molecule has 0 saturated heterocycles. The van der Waals surface area contributed by atoms with Gasteiger partial charge in [0.05, 0.1) is 0 Å². The molecule has 0 aliphatic carbocycles. The van der Waals surface area contributed by atoms with E-state index >= 15 is 0 Å². The molecule has 0 bridgehead atoms. The van der Waals surface area contributed by atoms with Crippen molar-refractivity contribution in [2.24, 2.45) is 0 Å². The number of hydrogen-bond donors (Lipinski definition) is 0. The Morgan fingerprint density at radius 3 is 1.78 bits per heavy atom. The Morgan fingerprint density at radius 1 is 0.826 bits per heavy atom. The highest BCUT2D eigenvalue weighted by atomic mass is 28.4. The quantitative estimate of drug-likeness (QED) is 0.640. The molecular formula is C18H16O4Si. The molecule has 5 heteroatoms. The van der Waals surface area contributed by atoms with Crippen LogP contribution in [-0.2, 0) is 18.4 Å². The van der Waals surface area contributed by atoms with Crippen molar-refractivity contribution in [1.29, 1.82) is 0 Å². The van der Waals surface area contributed by atoms with Gasteiger partial charge in [0.1, 0.15) is 0 Å². The molecule has 0 saturated carbocycles. The summed E-state index contributed by atoms with van der Waals surface area (Å²) in [6.07, 6.45) is 0. The minimum Gasteiger partial charge on any atom is -0.473 e. The van der Waals surface area contributed by atoms with Crippen LogP contribution in [-0.4, -0.2) is 20.5 Å². The Morgan fingerprint density at radius 2 is 1.30 bits per heavy atom. The van der Waals surface area contributed by atoms with E-state index < -0.39 is 20.5 Å². The van der Waals surface area contributed by atoms with Gasteiger partial charge >= 0.3 is 8.56 Å². The zero-order chi connectivity index (χ0) is 16.7. The summed E-state index contributed by atoms with van der Waals surface area (Å²) in [5, 5.41) is 0.605. The maximum atomic E-state index is 11.6. The lowest BCUT2D eigenvalue weighted by Gasteiger charge is -2.23. The molecule has 0 spiro atoms. The van der Waals surface area contributed by atoms with Crippen molar-refractivity contribution in [3.63, 3.8) is 0 Å². The predicted octanol–water partition coefficient (Wildman–Crippen LogP) is 2.05. The van der Waals surface area contributed by atoms with E-state index in [2.05, 4.69) is 11.5 Å². The summed E-state index contributed by atoms with van der Waals surface area (Å²) >= 11 is 0. The smallest absolute Gasteiger partial charge is 0.473 e. The number of carbonyl (C=O) groups excluding carboxylic acids is 2. The van der Waals surface area contributed by atoms with Crippen LogP contribution in [0.3, 0.4) is 0 Å². The van der Waals surface area contributed by atoms with E-state index in [1.807, 2.05) is 36.4 Å². The first-order valence-corrected chi connectivity index (χ1v) is 8.86. The molecule has 2 rings (SSSR count). The zero-order valence-electron chi connectivity index (χ0n) is 12.9. The molecule has 2 aromatic rings. The first kappa shape index (κ1) is 16.5. The Kier molecular flexibility index (Phi) is 5.34. The largest absolute Gasteiger partial charge is 0.588 e. The van der Waals surface area contributed by atoms with Crippen molar-refractivity contribution < 1.29 is 18.4 Å². The summed E-state index contributed by atoms with van der Waals surface area (Å²) in [6.45, 7) is 2.55. The first-order valence-electron chi connectivity index (χ1n) is 7.05. The molecule has 0 aliphatic heterocycles. The van der Waals surface area contributed by atoms with Gasteiger partial charge in [-0.1, -0.05) is 54.5 Å². The lowest BCUT2D eigenvalue weighted by Crippen LogP contribution is -2.55. The van der Waals surface area contributed by atoms with E-state index in [9.17, 15) is 9.59 Å². The summed E-state index contributed by atoms with van der Waals surface area (Å²) in [4.78, 5) is 23.2. The molecule has 0 unspecified atom stereocenters. The van der Waals surface area contributed by atoms with Crippen molar-refractivity contribution in [2.45, 2.75) is 13.8 Å². The molecule has 0 aliphatic rings. The van der Waals surface area contributed by atoms with Crippen LogP contribution < -0.4 is 5.19 Å². The van der Waals surface area contributed by atoms with Gasteiger partial charge in [0.25, 0.3) is 11.9 Å². The van der Waals surface area contributed by atoms with Crippen LogP contribution >= 0.6 is 0 Å². The van der Waals surface area contributed by atoms with Gasteiger partial charge in [0.15, 0.2) is 0 Å². The topological polar surface area (TPSA) is 52.6 Å². The third kappa shape index (κ3) is 4.56. The summed E-state index contributed by atoms with van der Waals surface area (Å²) in [5.41, 5.74) is 3.68. The van der Waals surface area contributed by atoms with E-state index in [0.717, 1.165) is 5.56 Å². The molecule has 0 amide bonds. The molecule has 0 atom stereocenters. The molecule has 0 aromatic heterocycles. The molecule has 0 N–H and O–H groups in total. The highest BCUT2D eigenvalue weighted by molar-refractivity contribution is 6.90. The summed E-state index contributed by atoms with van der Waals surface area (Å²) in [5.74, 6) is 1.88. The minimum atomic E-state index is -3.54. The maximum Gasteiger partial charge on any atom is 0.588 e. The zero-order valence-corrected chi connectivity index (χ0v) is 13.9. The number of rotatable bonds is 3. The average molecular weight is 324 g/mol. The number of benzene rings is 2. The van der Waals surface area contributed by atoms with Gasteiger partial charge in [0, 0.05) is 24.6 Å². The minimum absolute atomic E-state index is 0.538. The van der Waals surface area contributed by atoms with Crippen LogP contribution in [0.1, 0.15) is 19.4 Å². The van der Waals surface area contributed by atoms with Crippen LogP contribution in [0.2, 0.25) is 0 Å². The summed E-state index contributed by atoms with van der Waals surface area (Å²) < 4.78 is 10.9. The maximum absolute atomic E-state index is 11.6. The molecule has 0 heterocycles. The third-order valence-electron chi connectivity index (χ3n) is 2.87. The van der Waals surface area contributed by atoms with Gasteiger partial charge in [-0.05, 0) is 17.7 Å². The van der Waals surface area contributed by atoms with Crippen LogP contribution in [0.4, 0.5) is 0 Å². The normalized spacial score (nSPS) is 10.2. The second-order valence-corrected chi connectivity index (χ2v) is 7.25. The van der Waals surface area contributed by atoms with Crippen LogP contribution in [0, 0.1) is 11.5 Å². The number of hydrogen-bond acceptors (Lipinski definition) is 4. The number of carbonyl (C=O) groups is 2. The summed E-state index contributed by atoms with van der Waals surface area (Å²) in [6, 6.07) is 18.1. The molecule has 2 aromatic carbocycles. The monoisotopic (exact) mass is 324 g/mol. The van der Waals surface area contributed by atoms with Crippen LogP contribution in [0.25, 0.3) is 0 Å². The van der Waals surface area contributed by atoms with Gasteiger partial charge < -0.3 is 8.85 Å². The third-order valence-corrected chi connectivity index (χ3v) is 5.57. The Labute approximate surface area is 136 Å². The van der Waals surface area contributed by atoms with E-state index in [-0.39, 0.29) is 0 Å². The summed E-state index contributed by atoms with van der Waals surface area (Å²) in [7, 11) is -3.54. The lowest BCUT2D eigenvalue weighted by atomic mass is 10.2. The van der Waals surface area contributed by atoms with Crippen molar-refractivity contribution >= 4 is 25.7 Å². The molecule has 0 radical (unpaired) electrons. The molecule has 23 heavy (non-hydrogen) atoms. The van der Waals surface area contributed by atoms with Crippen molar-refractivity contribution in [3.05, 3.63) is 66.2 Å². The average Bonchev–Trinajstić information content (AvgIpc) is 2.53. The Balaban J connectivity index is 2.54. The Bertz CT molecular complexity index is 729. The Hall–Kier alpha value is -2.84. The van der Waals surface area contributed by atoms with Gasteiger partial charge in [-0.15, -0.1) is 0 Å². The van der Waals surface area contributed by atoms with E-state index in [0.29, 0.717) is 5.19 Å². The van der Waals surface area contributed by atoms with Crippen LogP contribution in [0.5, 0.6) is 0 Å². The van der Waals surface area contributed by atoms with Crippen molar-refractivity contribution in [3.8, 4) is 11.5 Å². The van der Waals surface area contributed by atoms with Gasteiger partial charge in [-0.2, -0.15) is 0 Å². The van der Waals surface area contributed by atoms with Gasteiger partial charge in [-0.25, -0.2) is 0 Å². The van der Waals surface area contributed by atoms with E-state index in [4.69, 9.17) is 8.85 Å². The molecule has 0 fully saturated rings. The van der Waals surface area contributed by atoms with Crippen molar-refractivity contribution in [1.82, 2.24) is 0 Å². The fourth-order valence-corrected chi connectivity index (χ4v) is 4.27. The standard InChI is InChI=1S/C18H16O4Si/c1-15(19)21-23(22-16(2)20,18-11-7-4-8-12-18)14-13-17-9-5-3-6-10-17/h3-12H,1-2H3. The molecule has 116 valence electrons. The highest BCUT2D eigenvalue weighted by Crippen LogP contribution is 2.10. The van der Waals surface area contributed by atoms with Gasteiger partial charge in [0.2, 0.25) is 0 Å². The van der Waals surface area contributed by atoms with Gasteiger partial charge in [-0.3, -0.25) is 9.59 Å². The molecular weight excluding hydrogens is 308 g/mol. The fraction of sp³-hybridized carbons (Fsp3) is 0.111. The second kappa shape index (κ2) is 7.43. The first-order chi connectivity index (χ1) is 11.0. The second-order valence-electron chi connectivity index (χ2n) is 4.79. The SMILES string of the molecule is CC(=O)O[Si](C#Cc1ccccc1)(OC(C)=O)c1ccccc1. The predicted molar refractivity (Wildman–Crippen MR) is 88.7 cm³/mol. The highest BCUT2D eigenvalue weighted by Gasteiger charge is 2.46. The fourth-order valence-electron chi connectivity index (χ4n) is 2.00. The lowest BCUT2D eigenvalue weighted by molar-refractivity contribution is -0.138. The molecule has 4 nitrogen and oxygen atoms in total. The van der Waals surface area contributed by atoms with Crippen molar-refractivity contribution in [2.75, 3.05) is 0 Å².